The number of para-hydroxylation sites is 1. The molecule has 0 saturated carbocycles. The molecule has 23 heavy (non-hydrogen) atoms. The van der Waals surface area contributed by atoms with E-state index in [1.807, 2.05) is 18.2 Å². The predicted molar refractivity (Wildman–Crippen MR) is 87.9 cm³/mol. The molecular formula is C17H20N4O2. The van der Waals surface area contributed by atoms with Crippen LogP contribution in [0.3, 0.4) is 0 Å². The van der Waals surface area contributed by atoms with Gasteiger partial charge in [-0.05, 0) is 18.1 Å². The van der Waals surface area contributed by atoms with E-state index in [0.29, 0.717) is 37.8 Å². The molecule has 120 valence electrons. The summed E-state index contributed by atoms with van der Waals surface area (Å²) in [6.07, 6.45) is 2.35. The summed E-state index contributed by atoms with van der Waals surface area (Å²) >= 11 is 0. The zero-order chi connectivity index (χ0) is 16.1. The van der Waals surface area contributed by atoms with E-state index >= 15 is 0 Å². The Morgan fingerprint density at radius 3 is 2.83 bits per heavy atom. The normalized spacial score (nSPS) is 14.6. The number of aromatic nitrogens is 2. The number of carbonyl (C=O) groups is 1. The standard InChI is InChI=1S/C17H20N4O2/c1-2-13-5-3-4-6-14(13)20-16-11-15(18-12-19-16)17(22)21-7-9-23-10-8-21/h3-6,11-12H,2,7-10H2,1H3,(H,18,19,20). The van der Waals surface area contributed by atoms with Crippen molar-refractivity contribution in [3.63, 3.8) is 0 Å². The second-order valence-corrected chi connectivity index (χ2v) is 5.33. The maximum atomic E-state index is 12.5. The van der Waals surface area contributed by atoms with Gasteiger partial charge >= 0.3 is 0 Å². The molecule has 0 spiro atoms. The molecule has 2 aromatic rings. The summed E-state index contributed by atoms with van der Waals surface area (Å²) in [5.41, 5.74) is 2.60. The Morgan fingerprint density at radius 2 is 2.04 bits per heavy atom. The summed E-state index contributed by atoms with van der Waals surface area (Å²) in [6, 6.07) is 9.76. The topological polar surface area (TPSA) is 67.4 Å². The van der Waals surface area contributed by atoms with E-state index < -0.39 is 0 Å². The fraction of sp³-hybridized carbons (Fsp3) is 0.353. The number of morpholine rings is 1. The number of rotatable bonds is 4. The molecule has 1 fully saturated rings. The van der Waals surface area contributed by atoms with E-state index in [4.69, 9.17) is 4.74 Å². The molecule has 3 rings (SSSR count). The highest BCUT2D eigenvalue weighted by Gasteiger charge is 2.20. The van der Waals surface area contributed by atoms with Crippen molar-refractivity contribution in [2.24, 2.45) is 0 Å². The molecule has 6 heteroatoms. The van der Waals surface area contributed by atoms with E-state index in [0.717, 1.165) is 12.1 Å². The molecule has 1 aromatic heterocycles. The lowest BCUT2D eigenvalue weighted by molar-refractivity contribution is 0.0299. The lowest BCUT2D eigenvalue weighted by Gasteiger charge is -2.26. The summed E-state index contributed by atoms with van der Waals surface area (Å²) in [4.78, 5) is 22.6. The van der Waals surface area contributed by atoms with Crippen LogP contribution in [0, 0.1) is 0 Å². The van der Waals surface area contributed by atoms with Crippen LogP contribution in [0.2, 0.25) is 0 Å². The van der Waals surface area contributed by atoms with Crippen molar-refractivity contribution in [3.05, 3.63) is 47.9 Å². The highest BCUT2D eigenvalue weighted by Crippen LogP contribution is 2.20. The molecule has 2 heterocycles. The van der Waals surface area contributed by atoms with Crippen LogP contribution in [0.4, 0.5) is 11.5 Å². The quantitative estimate of drug-likeness (QED) is 0.938. The summed E-state index contributed by atoms with van der Waals surface area (Å²) < 4.78 is 5.28. The monoisotopic (exact) mass is 312 g/mol. The summed E-state index contributed by atoms with van der Waals surface area (Å²) in [5.74, 6) is 0.542. The lowest BCUT2D eigenvalue weighted by atomic mass is 10.1. The zero-order valence-electron chi connectivity index (χ0n) is 13.2. The van der Waals surface area contributed by atoms with Gasteiger partial charge in [-0.3, -0.25) is 4.79 Å². The number of aryl methyl sites for hydroxylation is 1. The SMILES string of the molecule is CCc1ccccc1Nc1cc(C(=O)N2CCOCC2)ncn1. The molecule has 1 saturated heterocycles. The van der Waals surface area contributed by atoms with Gasteiger partial charge in [0.25, 0.3) is 5.91 Å². The Kier molecular flexibility index (Phi) is 4.83. The van der Waals surface area contributed by atoms with Gasteiger partial charge in [-0.25, -0.2) is 9.97 Å². The van der Waals surface area contributed by atoms with Crippen LogP contribution < -0.4 is 5.32 Å². The van der Waals surface area contributed by atoms with Gasteiger partial charge < -0.3 is 15.0 Å². The van der Waals surface area contributed by atoms with Crippen molar-refractivity contribution in [2.45, 2.75) is 13.3 Å². The molecule has 0 atom stereocenters. The summed E-state index contributed by atoms with van der Waals surface area (Å²) in [5, 5.41) is 3.28. The maximum absolute atomic E-state index is 12.5. The van der Waals surface area contributed by atoms with Crippen LogP contribution in [0.5, 0.6) is 0 Å². The van der Waals surface area contributed by atoms with Gasteiger partial charge in [-0.15, -0.1) is 0 Å². The van der Waals surface area contributed by atoms with Gasteiger partial charge in [0.2, 0.25) is 0 Å². The predicted octanol–water partition coefficient (Wildman–Crippen LogP) is 2.25. The molecule has 0 bridgehead atoms. The molecule has 0 aliphatic carbocycles. The van der Waals surface area contributed by atoms with Crippen molar-refractivity contribution in [3.8, 4) is 0 Å². The number of amides is 1. The fourth-order valence-corrected chi connectivity index (χ4v) is 2.56. The Morgan fingerprint density at radius 1 is 1.26 bits per heavy atom. The minimum absolute atomic E-state index is 0.0810. The number of hydrogen-bond acceptors (Lipinski definition) is 5. The molecule has 6 nitrogen and oxygen atoms in total. The Bertz CT molecular complexity index is 684. The molecule has 1 aliphatic rings. The van der Waals surface area contributed by atoms with Gasteiger partial charge in [-0.1, -0.05) is 25.1 Å². The molecule has 0 radical (unpaired) electrons. The fourth-order valence-electron chi connectivity index (χ4n) is 2.56. The zero-order valence-corrected chi connectivity index (χ0v) is 13.2. The Hall–Kier alpha value is -2.47. The van der Waals surface area contributed by atoms with Crippen LogP contribution in [0.15, 0.2) is 36.7 Å². The molecule has 1 amide bonds. The second-order valence-electron chi connectivity index (χ2n) is 5.33. The minimum atomic E-state index is -0.0810. The van der Waals surface area contributed by atoms with Gasteiger partial charge in [0.05, 0.1) is 13.2 Å². The third kappa shape index (κ3) is 3.65. The van der Waals surface area contributed by atoms with E-state index in [1.54, 1.807) is 11.0 Å². The highest BCUT2D eigenvalue weighted by molar-refractivity contribution is 5.93. The van der Waals surface area contributed by atoms with Gasteiger partial charge in [0.15, 0.2) is 0 Å². The van der Waals surface area contributed by atoms with Crippen LogP contribution in [-0.4, -0.2) is 47.1 Å². The second kappa shape index (κ2) is 7.19. The number of carbonyl (C=O) groups excluding carboxylic acids is 1. The minimum Gasteiger partial charge on any atom is -0.378 e. The average Bonchev–Trinajstić information content (AvgIpc) is 2.62. The third-order valence-corrected chi connectivity index (χ3v) is 3.85. The third-order valence-electron chi connectivity index (χ3n) is 3.85. The first kappa shape index (κ1) is 15.4. The molecule has 1 aliphatic heterocycles. The van der Waals surface area contributed by atoms with E-state index in [-0.39, 0.29) is 5.91 Å². The number of ether oxygens (including phenoxy) is 1. The van der Waals surface area contributed by atoms with Crippen molar-refractivity contribution < 1.29 is 9.53 Å². The maximum Gasteiger partial charge on any atom is 0.272 e. The van der Waals surface area contributed by atoms with E-state index in [1.165, 1.54) is 11.9 Å². The van der Waals surface area contributed by atoms with Gasteiger partial charge in [0.1, 0.15) is 17.8 Å². The van der Waals surface area contributed by atoms with Crippen molar-refractivity contribution in [1.29, 1.82) is 0 Å². The van der Waals surface area contributed by atoms with Crippen molar-refractivity contribution in [1.82, 2.24) is 14.9 Å². The number of hydrogen-bond donors (Lipinski definition) is 1. The number of benzene rings is 1. The largest absolute Gasteiger partial charge is 0.378 e. The average molecular weight is 312 g/mol. The number of nitrogens with one attached hydrogen (secondary N) is 1. The summed E-state index contributed by atoms with van der Waals surface area (Å²) in [7, 11) is 0. The molecule has 0 unspecified atom stereocenters. The first-order valence-electron chi connectivity index (χ1n) is 7.82. The van der Waals surface area contributed by atoms with Gasteiger partial charge in [0, 0.05) is 24.8 Å². The Labute approximate surface area is 135 Å². The van der Waals surface area contributed by atoms with Crippen LogP contribution in [0.25, 0.3) is 0 Å². The van der Waals surface area contributed by atoms with Crippen molar-refractivity contribution >= 4 is 17.4 Å². The summed E-state index contributed by atoms with van der Waals surface area (Å²) in [6.45, 7) is 4.46. The highest BCUT2D eigenvalue weighted by atomic mass is 16.5. The van der Waals surface area contributed by atoms with Crippen LogP contribution >= 0.6 is 0 Å². The first-order valence-corrected chi connectivity index (χ1v) is 7.82. The van der Waals surface area contributed by atoms with E-state index in [2.05, 4.69) is 28.3 Å². The van der Waals surface area contributed by atoms with Crippen LogP contribution in [-0.2, 0) is 11.2 Å². The lowest BCUT2D eigenvalue weighted by Crippen LogP contribution is -2.41. The van der Waals surface area contributed by atoms with E-state index in [9.17, 15) is 4.79 Å². The van der Waals surface area contributed by atoms with Crippen LogP contribution in [0.1, 0.15) is 23.0 Å². The van der Waals surface area contributed by atoms with Crippen molar-refractivity contribution in [2.75, 3.05) is 31.6 Å². The molecule has 1 aromatic carbocycles. The smallest absolute Gasteiger partial charge is 0.272 e. The Balaban J connectivity index is 1.78. The number of anilines is 2. The first-order chi connectivity index (χ1) is 11.3. The molecular weight excluding hydrogens is 292 g/mol. The van der Waals surface area contributed by atoms with Gasteiger partial charge in [-0.2, -0.15) is 0 Å². The molecule has 1 N–H and O–H groups in total. The number of nitrogens with zero attached hydrogens (tertiary/aromatic N) is 3.